The summed E-state index contributed by atoms with van der Waals surface area (Å²) in [6, 6.07) is 39.0. The van der Waals surface area contributed by atoms with Gasteiger partial charge in [-0.2, -0.15) is 0 Å². The maximum atomic E-state index is 12.4. The lowest BCUT2D eigenvalue weighted by molar-refractivity contribution is 0.0680. The van der Waals surface area contributed by atoms with Crippen molar-refractivity contribution in [2.75, 3.05) is 26.7 Å². The maximum Gasteiger partial charge on any atom is 0.345 e. The summed E-state index contributed by atoms with van der Waals surface area (Å²) in [5.41, 5.74) is 26.1. The second-order valence-corrected chi connectivity index (χ2v) is 39.2. The standard InChI is InChI=1S/C23H27N3O3.C22H23N3O3.C22H25N3O3.C21H23N3O4.C21H23N3O3/c1-23(2,3)24-12-16-8-15-10-17-13(11-19(15)26(16)4)6-5-7-14-9-18(22(28)29)21(27)25-20(14)17;1-24-16(12-25-6-3-7-25)8-15-10-17-13(11-19(15)24)4-2-5-14-9-18(22(27)28)21(26)23-20(14)17;1-12(2)23-11-16-7-15-9-17-13(10-19(15)25(16)3)5-4-6-14-8-18(22(27)28)21(26)24-20(14)17;1-22-10-13-7-12-8-15-11(9-16(12)24(13)2)5-3-4-6-14-18(15)23-20(26)17(19(14)25)21(27)28;1-3-22-11-15-7-14-9-16-12(10-18(14)24(15)2)5-4-6-13-8-17(21(26)27)20(25)23-19(13)16/h8-11,24H,5-7,12H2,1-4H3,(H,25,27)(H,28,29);8-11H,2-7,12H2,1H3,(H,23,26)(H,27,28);7-10,12,23H,4-6,11H2,1-3H3,(H,24,26)(H,27,28);7-9,22H,3-6,10H2,1-2H3,(H,27,28)(H2,23,25,26);7-10,22H,3-6,11H2,1-2H3,(H,23,25)(H,26,27). The van der Waals surface area contributed by atoms with E-state index >= 15 is 0 Å². The second kappa shape index (κ2) is 39.8. The number of benzene rings is 5. The van der Waals surface area contributed by atoms with Gasteiger partial charge in [0.25, 0.3) is 27.8 Å². The van der Waals surface area contributed by atoms with Gasteiger partial charge in [-0.1, -0.05) is 20.8 Å². The third kappa shape index (κ3) is 19.5. The number of nitrogens with one attached hydrogen (secondary N) is 9. The number of aryl methyl sites for hydroxylation is 14. The van der Waals surface area contributed by atoms with Crippen LogP contribution < -0.4 is 49.1 Å². The van der Waals surface area contributed by atoms with Crippen LogP contribution in [0.3, 0.4) is 0 Å². The highest BCUT2D eigenvalue weighted by atomic mass is 16.4. The van der Waals surface area contributed by atoms with Gasteiger partial charge in [-0.15, -0.1) is 0 Å². The van der Waals surface area contributed by atoms with Gasteiger partial charge in [-0.25, -0.2) is 24.0 Å². The molecule has 5 aliphatic carbocycles. The van der Waals surface area contributed by atoms with Crippen molar-refractivity contribution in [3.63, 3.8) is 0 Å². The van der Waals surface area contributed by atoms with Gasteiger partial charge >= 0.3 is 29.8 Å². The molecule has 0 spiro atoms. The number of hydrogen-bond acceptors (Lipinski definition) is 16. The van der Waals surface area contributed by atoms with Gasteiger partial charge in [0.05, 0.1) is 28.5 Å². The Morgan fingerprint density at radius 1 is 0.357 bits per heavy atom. The number of carboxylic acids is 5. The van der Waals surface area contributed by atoms with Crippen molar-refractivity contribution in [3.05, 3.63) is 279 Å². The predicted octanol–water partition coefficient (Wildman–Crippen LogP) is 15.1. The minimum Gasteiger partial charge on any atom is -0.506 e. The molecule has 6 aliphatic rings. The first-order valence-corrected chi connectivity index (χ1v) is 48.2. The van der Waals surface area contributed by atoms with Crippen LogP contribution in [0.2, 0.25) is 0 Å². The van der Waals surface area contributed by atoms with Gasteiger partial charge in [0.15, 0.2) is 5.56 Å². The largest absolute Gasteiger partial charge is 0.506 e. The van der Waals surface area contributed by atoms with E-state index in [-0.39, 0.29) is 27.8 Å². The summed E-state index contributed by atoms with van der Waals surface area (Å²) >= 11 is 0. The molecule has 0 radical (unpaired) electrons. The minimum atomic E-state index is -1.42. The van der Waals surface area contributed by atoms with Crippen LogP contribution >= 0.6 is 0 Å². The van der Waals surface area contributed by atoms with Crippen molar-refractivity contribution < 1.29 is 54.6 Å². The van der Waals surface area contributed by atoms with Crippen LogP contribution in [-0.4, -0.2) is 151 Å². The Balaban J connectivity index is 0.000000121. The van der Waals surface area contributed by atoms with E-state index in [1.165, 1.54) is 92.7 Å². The summed E-state index contributed by atoms with van der Waals surface area (Å²) in [7, 11) is 12.3. The molecule has 5 aromatic carbocycles. The van der Waals surface area contributed by atoms with Crippen LogP contribution in [0.1, 0.15) is 222 Å². The molecule has 140 heavy (non-hydrogen) atoms. The number of nitrogens with zero attached hydrogens (tertiary/aromatic N) is 6. The highest BCUT2D eigenvalue weighted by Gasteiger charge is 2.31. The monoisotopic (exact) mass is 1900 g/mol. The van der Waals surface area contributed by atoms with E-state index in [2.05, 4.69) is 229 Å². The average Bonchev–Trinajstić information content (AvgIpc) is 1.49. The van der Waals surface area contributed by atoms with Gasteiger partial charge in [-0.05, 0) is 322 Å². The van der Waals surface area contributed by atoms with Crippen molar-refractivity contribution in [2.45, 2.75) is 195 Å². The van der Waals surface area contributed by atoms with E-state index < -0.39 is 69.0 Å². The predicted molar refractivity (Wildman–Crippen MR) is 545 cm³/mol. The average molecular weight is 1900 g/mol. The van der Waals surface area contributed by atoms with E-state index in [1.54, 1.807) is 18.2 Å². The van der Waals surface area contributed by atoms with E-state index in [4.69, 9.17) is 0 Å². The molecule has 15 aromatic rings. The zero-order valence-corrected chi connectivity index (χ0v) is 81.2. The Morgan fingerprint density at radius 2 is 0.657 bits per heavy atom. The third-order valence-corrected chi connectivity index (χ3v) is 28.5. The molecule has 0 amide bonds. The number of aromatic hydroxyl groups is 1. The van der Waals surface area contributed by atoms with Crippen molar-refractivity contribution in [3.8, 4) is 62.0 Å². The second-order valence-electron chi connectivity index (χ2n) is 39.2. The minimum absolute atomic E-state index is 0.0356. The Bertz CT molecular complexity index is 7880. The molecule has 21 rings (SSSR count). The summed E-state index contributed by atoms with van der Waals surface area (Å²) in [5.74, 6) is -6.57. The number of carboxylic acid groups (broad SMARTS) is 5. The molecule has 1 aliphatic heterocycles. The number of likely N-dealkylation sites (tertiary alicyclic amines) is 1. The van der Waals surface area contributed by atoms with E-state index in [9.17, 15) is 78.6 Å². The van der Waals surface area contributed by atoms with E-state index in [1.807, 2.05) is 20.2 Å². The fraction of sp³-hybridized carbons (Fsp3) is 0.358. The molecule has 0 unspecified atom stereocenters. The van der Waals surface area contributed by atoms with Gasteiger partial charge in [0.1, 0.15) is 28.0 Å². The van der Waals surface area contributed by atoms with E-state index in [0.717, 1.165) is 252 Å². The fourth-order valence-corrected chi connectivity index (χ4v) is 20.8. The van der Waals surface area contributed by atoms with Gasteiger partial charge in [0.2, 0.25) is 0 Å². The number of hydrogen-bond donors (Lipinski definition) is 15. The number of rotatable bonds is 17. The Hall–Kier alpha value is -14.5. The van der Waals surface area contributed by atoms with Crippen molar-refractivity contribution in [1.29, 1.82) is 0 Å². The van der Waals surface area contributed by atoms with Crippen LogP contribution in [0.4, 0.5) is 0 Å². The van der Waals surface area contributed by atoms with Gasteiger partial charge in [-0.3, -0.25) is 28.9 Å². The molecule has 11 heterocycles. The SMILES string of the molecule is CC(C)NCc1cc2cc3c(cc2n1C)CCCc1cc(C(=O)O)c(=O)[nH]c1-3.CCNCc1cc2cc3c(cc2n1C)CCCc1cc(C(=O)O)c(=O)[nH]c1-3.CNCc1cc2cc3c(cc2n1C)CCCCc1c-3[nH]c(=O)c(C(=O)O)c1O.Cn1c(CN2CCC2)cc2cc3c(cc21)CCCc1cc(C(=O)O)c(=O)[nH]c1-3.Cn1c(CNC(C)(C)C)cc2cc3c(cc21)CCCc1cc(C(=O)O)c(=O)[nH]c1-3. The molecule has 1 saturated heterocycles. The lowest BCUT2D eigenvalue weighted by atomic mass is 9.89. The number of aromatic amines is 5. The first-order chi connectivity index (χ1) is 66.9. The van der Waals surface area contributed by atoms with E-state index in [0.29, 0.717) is 23.7 Å². The molecule has 10 aromatic heterocycles. The molecule has 0 saturated carbocycles. The Morgan fingerprint density at radius 3 is 0.971 bits per heavy atom. The van der Waals surface area contributed by atoms with Crippen LogP contribution in [0.25, 0.3) is 111 Å². The molecule has 31 nitrogen and oxygen atoms in total. The smallest absolute Gasteiger partial charge is 0.345 e. The highest BCUT2D eigenvalue weighted by Crippen LogP contribution is 2.43. The molecule has 0 atom stereocenters. The molecule has 728 valence electrons. The van der Waals surface area contributed by atoms with Gasteiger partial charge in [0, 0.05) is 196 Å². The third-order valence-electron chi connectivity index (χ3n) is 28.5. The lowest BCUT2D eigenvalue weighted by Crippen LogP contribution is -2.36. The molecule has 15 N–H and O–H groups in total. The normalized spacial score (nSPS) is 14.1. The van der Waals surface area contributed by atoms with Crippen molar-refractivity contribution in [2.24, 2.45) is 35.2 Å². The van der Waals surface area contributed by atoms with Crippen LogP contribution in [0.15, 0.2) is 139 Å². The van der Waals surface area contributed by atoms with Crippen LogP contribution in [0.5, 0.6) is 5.75 Å². The summed E-state index contributed by atoms with van der Waals surface area (Å²) in [6.45, 7) is 20.1. The summed E-state index contributed by atoms with van der Waals surface area (Å²) in [4.78, 5) is 135. The first-order valence-electron chi connectivity index (χ1n) is 48.2. The van der Waals surface area contributed by atoms with Crippen LogP contribution in [0, 0.1) is 0 Å². The summed E-state index contributed by atoms with van der Waals surface area (Å²) in [6.07, 6.45) is 14.7. The Labute approximate surface area is 806 Å². The molecular weight excluding hydrogens is 1780 g/mol. The number of pyridine rings is 5. The van der Waals surface area contributed by atoms with Crippen molar-refractivity contribution in [1.82, 2.24) is 73.9 Å². The molecule has 0 bridgehead atoms. The number of H-pyrrole nitrogens is 5. The molecule has 1 fully saturated rings. The molecule has 31 heteroatoms. The zero-order valence-electron chi connectivity index (χ0n) is 81.2. The van der Waals surface area contributed by atoms with Crippen LogP contribution in [-0.2, 0) is 132 Å². The number of fused-ring (bicyclic) bond motifs is 20. The topological polar surface area (TPSA) is 447 Å². The Kier molecular flexibility index (Phi) is 27.6. The quantitative estimate of drug-likeness (QED) is 0.0402. The number of aromatic nitrogens is 10. The first kappa shape index (κ1) is 97.2. The van der Waals surface area contributed by atoms with Crippen molar-refractivity contribution >= 4 is 84.4 Å². The highest BCUT2D eigenvalue weighted by molar-refractivity contribution is 5.98. The lowest BCUT2D eigenvalue weighted by Gasteiger charge is -2.30. The zero-order chi connectivity index (χ0) is 99.5. The van der Waals surface area contributed by atoms with Gasteiger partial charge < -0.3 is 99.7 Å². The fourth-order valence-electron chi connectivity index (χ4n) is 20.8. The number of carbonyl (C=O) groups is 5. The number of aromatic carboxylic acids is 5. The maximum absolute atomic E-state index is 12.4. The summed E-state index contributed by atoms with van der Waals surface area (Å²) < 4.78 is 11.1. The molecular formula is C109H121N15O16. The summed E-state index contributed by atoms with van der Waals surface area (Å²) in [5, 5.41) is 76.0.